The lowest BCUT2D eigenvalue weighted by molar-refractivity contribution is 0.0521. The average molecular weight is 271 g/mol. The van der Waals surface area contributed by atoms with Crippen molar-refractivity contribution in [2.24, 2.45) is 5.73 Å². The number of aliphatic hydroxyl groups is 1. The minimum absolute atomic E-state index is 0.237. The van der Waals surface area contributed by atoms with Crippen molar-refractivity contribution >= 4 is 17.0 Å². The molecule has 0 bridgehead atoms. The molecule has 1 saturated carbocycles. The zero-order chi connectivity index (χ0) is 13.1. The van der Waals surface area contributed by atoms with Crippen LogP contribution in [0.1, 0.15) is 12.8 Å². The minimum atomic E-state index is -2.33. The molecule has 4 atom stereocenters. The second-order valence-electron chi connectivity index (χ2n) is 4.25. The average Bonchev–Trinajstić information content (AvgIpc) is 2.63. The van der Waals surface area contributed by atoms with Gasteiger partial charge >= 0.3 is 0 Å². The molecule has 7 heteroatoms. The quantitative estimate of drug-likeness (QED) is 0.674. The minimum Gasteiger partial charge on any atom is -0.755 e. The topological polar surface area (TPSA) is 108 Å². The highest BCUT2D eigenvalue weighted by Gasteiger charge is 2.33. The van der Waals surface area contributed by atoms with Crippen LogP contribution in [-0.2, 0) is 11.3 Å². The highest BCUT2D eigenvalue weighted by Crippen LogP contribution is 2.25. The molecule has 0 aromatic heterocycles. The van der Waals surface area contributed by atoms with Gasteiger partial charge in [0, 0.05) is 23.0 Å². The maximum absolute atomic E-state index is 10.4. The van der Waals surface area contributed by atoms with Gasteiger partial charge < -0.3 is 24.9 Å². The highest BCUT2D eigenvalue weighted by atomic mass is 32.2. The highest BCUT2D eigenvalue weighted by molar-refractivity contribution is 7.80. The van der Waals surface area contributed by atoms with E-state index in [0.717, 1.165) is 6.42 Å². The number of aliphatic hydroxyl groups excluding tert-OH is 1. The Morgan fingerprint density at radius 2 is 2.06 bits per heavy atom. The molecule has 1 aromatic carbocycles. The number of anilines is 1. The first-order valence-corrected chi connectivity index (χ1v) is 6.70. The number of ether oxygens (including phenoxy) is 1. The van der Waals surface area contributed by atoms with Gasteiger partial charge in [-0.2, -0.15) is 0 Å². The summed E-state index contributed by atoms with van der Waals surface area (Å²) >= 11 is -2.33. The van der Waals surface area contributed by atoms with E-state index in [9.17, 15) is 13.9 Å². The Bertz CT molecular complexity index is 426. The molecule has 6 nitrogen and oxygen atoms in total. The van der Waals surface area contributed by atoms with Crippen LogP contribution in [0.25, 0.3) is 0 Å². The summed E-state index contributed by atoms with van der Waals surface area (Å²) in [7, 11) is 0. The molecule has 100 valence electrons. The Morgan fingerprint density at radius 1 is 1.39 bits per heavy atom. The van der Waals surface area contributed by atoms with Crippen molar-refractivity contribution in [2.45, 2.75) is 31.1 Å². The van der Waals surface area contributed by atoms with Gasteiger partial charge in [-0.15, -0.1) is 0 Å². The largest absolute Gasteiger partial charge is 0.755 e. The van der Waals surface area contributed by atoms with Crippen LogP contribution in [0.5, 0.6) is 5.75 Å². The molecular formula is C11H15N2O4S-. The molecule has 4 N–H and O–H groups in total. The summed E-state index contributed by atoms with van der Waals surface area (Å²) in [6.45, 7) is 0. The third-order valence-corrected chi connectivity index (χ3v) is 3.35. The van der Waals surface area contributed by atoms with Crippen LogP contribution in [0.2, 0.25) is 0 Å². The first-order chi connectivity index (χ1) is 8.56. The first kappa shape index (κ1) is 13.3. The van der Waals surface area contributed by atoms with E-state index in [0.29, 0.717) is 17.9 Å². The van der Waals surface area contributed by atoms with Gasteiger partial charge in [0.25, 0.3) is 0 Å². The van der Waals surface area contributed by atoms with Crippen molar-refractivity contribution in [1.29, 1.82) is 0 Å². The lowest BCUT2D eigenvalue weighted by atomic mass is 10.2. The SMILES string of the molecule is NC1CCC(Oc2ccc(NS(=O)[O-])cc2)C1O. The van der Waals surface area contributed by atoms with Crippen molar-refractivity contribution in [3.05, 3.63) is 24.3 Å². The summed E-state index contributed by atoms with van der Waals surface area (Å²) < 4.78 is 28.7. The second-order valence-corrected chi connectivity index (χ2v) is 4.92. The Labute approximate surface area is 108 Å². The van der Waals surface area contributed by atoms with Crippen LogP contribution < -0.4 is 15.2 Å². The summed E-state index contributed by atoms with van der Waals surface area (Å²) in [5.74, 6) is 0.579. The molecule has 1 fully saturated rings. The predicted molar refractivity (Wildman–Crippen MR) is 66.6 cm³/mol. The summed E-state index contributed by atoms with van der Waals surface area (Å²) in [5.41, 5.74) is 6.15. The Morgan fingerprint density at radius 3 is 2.56 bits per heavy atom. The van der Waals surface area contributed by atoms with Crippen LogP contribution >= 0.6 is 0 Å². The monoisotopic (exact) mass is 271 g/mol. The van der Waals surface area contributed by atoms with E-state index in [2.05, 4.69) is 4.72 Å². The molecular weight excluding hydrogens is 256 g/mol. The maximum atomic E-state index is 10.4. The van der Waals surface area contributed by atoms with Crippen molar-refractivity contribution in [3.63, 3.8) is 0 Å². The van der Waals surface area contributed by atoms with Crippen LogP contribution in [0.4, 0.5) is 5.69 Å². The molecule has 18 heavy (non-hydrogen) atoms. The van der Waals surface area contributed by atoms with E-state index in [1.807, 2.05) is 0 Å². The van der Waals surface area contributed by atoms with E-state index >= 15 is 0 Å². The molecule has 1 aliphatic carbocycles. The molecule has 0 amide bonds. The van der Waals surface area contributed by atoms with E-state index in [1.54, 1.807) is 24.3 Å². The second kappa shape index (κ2) is 5.66. The van der Waals surface area contributed by atoms with E-state index in [4.69, 9.17) is 10.5 Å². The van der Waals surface area contributed by atoms with Gasteiger partial charge in [-0.3, -0.25) is 4.21 Å². The molecule has 4 unspecified atom stereocenters. The van der Waals surface area contributed by atoms with Crippen molar-refractivity contribution in [3.8, 4) is 5.75 Å². The van der Waals surface area contributed by atoms with Crippen LogP contribution in [0.15, 0.2) is 24.3 Å². The van der Waals surface area contributed by atoms with Crippen molar-refractivity contribution < 1.29 is 18.6 Å². The van der Waals surface area contributed by atoms with Crippen molar-refractivity contribution in [2.75, 3.05) is 4.72 Å². The molecule has 0 saturated heterocycles. The number of nitrogens with one attached hydrogen (secondary N) is 1. The van der Waals surface area contributed by atoms with Gasteiger partial charge in [-0.05, 0) is 37.1 Å². The normalized spacial score (nSPS) is 28.9. The van der Waals surface area contributed by atoms with Crippen LogP contribution in [0.3, 0.4) is 0 Å². The molecule has 1 aliphatic rings. The zero-order valence-corrected chi connectivity index (χ0v) is 10.4. The third kappa shape index (κ3) is 3.20. The van der Waals surface area contributed by atoms with Gasteiger partial charge in [0.05, 0.1) is 0 Å². The number of benzene rings is 1. The van der Waals surface area contributed by atoms with Gasteiger partial charge in [0.15, 0.2) is 0 Å². The summed E-state index contributed by atoms with van der Waals surface area (Å²) in [5, 5.41) is 9.75. The lowest BCUT2D eigenvalue weighted by Crippen LogP contribution is -2.37. The first-order valence-electron chi connectivity index (χ1n) is 5.62. The fourth-order valence-corrected chi connectivity index (χ4v) is 2.30. The Balaban J connectivity index is 1.96. The molecule has 0 heterocycles. The standard InChI is InChI=1S/C11H16N2O4S/c12-9-5-6-10(11(9)14)17-8-3-1-7(2-4-8)13-18(15)16/h1-4,9-11,13-14H,5-6,12H2,(H,15,16)/p-1. The molecule has 0 radical (unpaired) electrons. The van der Waals surface area contributed by atoms with Crippen LogP contribution in [-0.4, -0.2) is 32.1 Å². The number of nitrogens with two attached hydrogens (primary N) is 1. The number of hydrogen-bond acceptors (Lipinski definition) is 5. The summed E-state index contributed by atoms with van der Waals surface area (Å²) in [4.78, 5) is 0. The fraction of sp³-hybridized carbons (Fsp3) is 0.455. The van der Waals surface area contributed by atoms with E-state index in [1.165, 1.54) is 0 Å². The smallest absolute Gasteiger partial charge is 0.126 e. The van der Waals surface area contributed by atoms with E-state index in [-0.39, 0.29) is 12.1 Å². The van der Waals surface area contributed by atoms with E-state index < -0.39 is 17.4 Å². The zero-order valence-electron chi connectivity index (χ0n) is 9.61. The number of hydrogen-bond donors (Lipinski definition) is 3. The molecule has 0 aliphatic heterocycles. The third-order valence-electron chi connectivity index (χ3n) is 2.95. The lowest BCUT2D eigenvalue weighted by Gasteiger charge is -2.19. The molecule has 2 rings (SSSR count). The summed E-state index contributed by atoms with van der Waals surface area (Å²) in [6, 6.07) is 6.23. The summed E-state index contributed by atoms with van der Waals surface area (Å²) in [6.07, 6.45) is 0.498. The van der Waals surface area contributed by atoms with Gasteiger partial charge in [-0.25, -0.2) is 0 Å². The van der Waals surface area contributed by atoms with Gasteiger partial charge in [-0.1, -0.05) is 0 Å². The fourth-order valence-electron chi connectivity index (χ4n) is 1.98. The van der Waals surface area contributed by atoms with Gasteiger partial charge in [0.2, 0.25) is 0 Å². The number of rotatable bonds is 4. The van der Waals surface area contributed by atoms with Gasteiger partial charge in [0.1, 0.15) is 18.0 Å². The Kier molecular flexibility index (Phi) is 4.18. The van der Waals surface area contributed by atoms with Crippen LogP contribution in [0, 0.1) is 0 Å². The predicted octanol–water partition coefficient (Wildman–Crippen LogP) is 0.122. The molecule has 0 spiro atoms. The van der Waals surface area contributed by atoms with Crippen molar-refractivity contribution in [1.82, 2.24) is 0 Å². The molecule has 1 aromatic rings. The maximum Gasteiger partial charge on any atom is 0.126 e. The Hall–Kier alpha value is -1.15.